The number of nitrogens with one attached hydrogen (secondary N) is 1. The van der Waals surface area contributed by atoms with Gasteiger partial charge in [-0.1, -0.05) is 49.4 Å². The van der Waals surface area contributed by atoms with E-state index in [1.807, 2.05) is 28.9 Å². The Morgan fingerprint density at radius 3 is 2.53 bits per heavy atom. The summed E-state index contributed by atoms with van der Waals surface area (Å²) in [5, 5.41) is 13.8. The maximum Gasteiger partial charge on any atom is 0.253 e. The van der Waals surface area contributed by atoms with E-state index in [0.717, 1.165) is 60.3 Å². The van der Waals surface area contributed by atoms with Crippen LogP contribution < -0.4 is 5.56 Å². The van der Waals surface area contributed by atoms with Crippen molar-refractivity contribution in [3.8, 4) is 0 Å². The first kappa shape index (κ1) is 22.4. The largest absolute Gasteiger partial charge is 0.321 e. The van der Waals surface area contributed by atoms with Gasteiger partial charge in [-0.25, -0.2) is 4.68 Å². The molecule has 34 heavy (non-hydrogen) atoms. The topological polar surface area (TPSA) is 82.9 Å². The van der Waals surface area contributed by atoms with E-state index in [1.54, 1.807) is 0 Å². The molecule has 0 radical (unpaired) electrons. The second kappa shape index (κ2) is 9.48. The zero-order valence-electron chi connectivity index (χ0n) is 20.0. The smallest absolute Gasteiger partial charge is 0.253 e. The number of benzene rings is 2. The molecule has 1 fully saturated rings. The van der Waals surface area contributed by atoms with Crippen LogP contribution in [0.2, 0.25) is 0 Å². The number of aryl methyl sites for hydroxylation is 2. The van der Waals surface area contributed by atoms with Gasteiger partial charge >= 0.3 is 0 Å². The molecule has 5 rings (SSSR count). The maximum atomic E-state index is 13.5. The summed E-state index contributed by atoms with van der Waals surface area (Å²) in [6.45, 7) is 11.5. The number of aromatic amines is 1. The Bertz CT molecular complexity index is 1340. The molecule has 1 unspecified atom stereocenters. The van der Waals surface area contributed by atoms with Gasteiger partial charge in [0.05, 0.1) is 12.1 Å². The Kier molecular flexibility index (Phi) is 6.26. The summed E-state index contributed by atoms with van der Waals surface area (Å²) in [4.78, 5) is 21.4. The quantitative estimate of drug-likeness (QED) is 0.479. The van der Waals surface area contributed by atoms with Gasteiger partial charge in [0.2, 0.25) is 0 Å². The van der Waals surface area contributed by atoms with E-state index in [4.69, 9.17) is 0 Å². The number of likely N-dealkylation sites (N-methyl/N-ethyl adjacent to an activating group) is 1. The van der Waals surface area contributed by atoms with Crippen molar-refractivity contribution in [2.75, 3.05) is 32.7 Å². The first-order valence-corrected chi connectivity index (χ1v) is 11.9. The molecule has 0 saturated carbocycles. The first-order chi connectivity index (χ1) is 16.5. The molecule has 0 spiro atoms. The van der Waals surface area contributed by atoms with Crippen molar-refractivity contribution in [1.29, 1.82) is 0 Å². The minimum absolute atomic E-state index is 0.0848. The molecule has 1 aliphatic rings. The molecule has 1 aliphatic heterocycles. The van der Waals surface area contributed by atoms with Crippen molar-refractivity contribution in [3.05, 3.63) is 87.0 Å². The second-order valence-electron chi connectivity index (χ2n) is 9.08. The van der Waals surface area contributed by atoms with E-state index in [2.05, 4.69) is 75.3 Å². The first-order valence-electron chi connectivity index (χ1n) is 11.9. The lowest BCUT2D eigenvalue weighted by Crippen LogP contribution is -2.49. The highest BCUT2D eigenvalue weighted by Crippen LogP contribution is 2.29. The van der Waals surface area contributed by atoms with Crippen LogP contribution in [0.5, 0.6) is 0 Å². The maximum absolute atomic E-state index is 13.5. The van der Waals surface area contributed by atoms with Crippen molar-refractivity contribution >= 4 is 10.9 Å². The number of rotatable bonds is 6. The van der Waals surface area contributed by atoms with Crippen molar-refractivity contribution in [2.24, 2.45) is 0 Å². The number of aromatic nitrogens is 5. The SMILES string of the molecule is CCN1CCN(C(c2cc3ccc(C)c(C)c3[nH]c2=O)c2nnnn2Cc2ccccc2)CC1. The van der Waals surface area contributed by atoms with E-state index in [-0.39, 0.29) is 11.6 Å². The Labute approximate surface area is 199 Å². The molecule has 8 heteroatoms. The summed E-state index contributed by atoms with van der Waals surface area (Å²) < 4.78 is 1.83. The lowest BCUT2D eigenvalue weighted by Gasteiger charge is -2.38. The summed E-state index contributed by atoms with van der Waals surface area (Å²) in [5.74, 6) is 0.697. The fourth-order valence-corrected chi connectivity index (χ4v) is 4.86. The van der Waals surface area contributed by atoms with Crippen LogP contribution in [0.25, 0.3) is 10.9 Å². The van der Waals surface area contributed by atoms with Crippen molar-refractivity contribution in [2.45, 2.75) is 33.4 Å². The summed E-state index contributed by atoms with van der Waals surface area (Å²) >= 11 is 0. The standard InChI is InChI=1S/C26H31N7O/c1-4-31-12-14-32(15-13-31)24(25-28-29-30-33(25)17-20-8-6-5-7-9-20)22-16-21-11-10-18(2)19(3)23(21)27-26(22)34/h5-11,16,24H,4,12-15,17H2,1-3H3,(H,27,34). The van der Waals surface area contributed by atoms with E-state index >= 15 is 0 Å². The monoisotopic (exact) mass is 457 g/mol. The Morgan fingerprint density at radius 2 is 1.79 bits per heavy atom. The molecule has 1 N–H and O–H groups in total. The van der Waals surface area contributed by atoms with Gasteiger partial charge in [-0.05, 0) is 59.0 Å². The molecule has 8 nitrogen and oxygen atoms in total. The number of piperazine rings is 1. The summed E-state index contributed by atoms with van der Waals surface area (Å²) in [5.41, 5.74) is 4.87. The van der Waals surface area contributed by atoms with Gasteiger partial charge in [-0.15, -0.1) is 5.10 Å². The normalized spacial score (nSPS) is 16.2. The molecule has 0 amide bonds. The third-order valence-corrected chi connectivity index (χ3v) is 7.07. The number of hydrogen-bond donors (Lipinski definition) is 1. The number of fused-ring (bicyclic) bond motifs is 1. The Morgan fingerprint density at radius 1 is 1.03 bits per heavy atom. The fourth-order valence-electron chi connectivity index (χ4n) is 4.86. The van der Waals surface area contributed by atoms with Crippen molar-refractivity contribution in [1.82, 2.24) is 35.0 Å². The minimum atomic E-state index is -0.326. The predicted molar refractivity (Wildman–Crippen MR) is 133 cm³/mol. The van der Waals surface area contributed by atoms with E-state index < -0.39 is 0 Å². The average molecular weight is 458 g/mol. The van der Waals surface area contributed by atoms with Gasteiger partial charge in [0, 0.05) is 31.7 Å². The molecule has 0 aliphatic carbocycles. The molecule has 0 bridgehead atoms. The fraction of sp³-hybridized carbons (Fsp3) is 0.385. The molecular formula is C26H31N7O. The number of H-pyrrole nitrogens is 1. The highest BCUT2D eigenvalue weighted by molar-refractivity contribution is 5.83. The van der Waals surface area contributed by atoms with Gasteiger partial charge in [0.25, 0.3) is 5.56 Å². The third kappa shape index (κ3) is 4.26. The van der Waals surface area contributed by atoms with Gasteiger partial charge in [0.15, 0.2) is 5.82 Å². The average Bonchev–Trinajstić information content (AvgIpc) is 3.31. The van der Waals surface area contributed by atoms with E-state index in [1.165, 1.54) is 0 Å². The van der Waals surface area contributed by atoms with Crippen LogP contribution in [0.3, 0.4) is 0 Å². The van der Waals surface area contributed by atoms with Crippen LogP contribution in [0.1, 0.15) is 41.0 Å². The van der Waals surface area contributed by atoms with Crippen LogP contribution in [-0.4, -0.2) is 67.7 Å². The van der Waals surface area contributed by atoms with E-state index in [0.29, 0.717) is 17.9 Å². The molecule has 2 aromatic carbocycles. The van der Waals surface area contributed by atoms with Gasteiger partial charge < -0.3 is 9.88 Å². The molecule has 1 saturated heterocycles. The number of nitrogens with zero attached hydrogens (tertiary/aromatic N) is 6. The van der Waals surface area contributed by atoms with Crippen LogP contribution >= 0.6 is 0 Å². The molecule has 4 aromatic rings. The van der Waals surface area contributed by atoms with Crippen LogP contribution in [0, 0.1) is 13.8 Å². The number of pyridine rings is 1. The predicted octanol–water partition coefficient (Wildman–Crippen LogP) is 2.91. The molecule has 1 atom stereocenters. The molecule has 2 aromatic heterocycles. The third-order valence-electron chi connectivity index (χ3n) is 7.07. The number of tetrazole rings is 1. The molecule has 176 valence electrons. The van der Waals surface area contributed by atoms with Gasteiger partial charge in [-0.3, -0.25) is 9.69 Å². The molecule has 3 heterocycles. The Hall–Kier alpha value is -3.36. The van der Waals surface area contributed by atoms with Crippen molar-refractivity contribution < 1.29 is 0 Å². The van der Waals surface area contributed by atoms with Gasteiger partial charge in [0.1, 0.15) is 6.04 Å². The highest BCUT2D eigenvalue weighted by Gasteiger charge is 2.32. The van der Waals surface area contributed by atoms with E-state index in [9.17, 15) is 4.79 Å². The summed E-state index contributed by atoms with van der Waals surface area (Å²) in [6, 6.07) is 16.0. The highest BCUT2D eigenvalue weighted by atomic mass is 16.1. The second-order valence-corrected chi connectivity index (χ2v) is 9.08. The van der Waals surface area contributed by atoms with Crippen LogP contribution in [-0.2, 0) is 6.54 Å². The zero-order chi connectivity index (χ0) is 23.7. The number of hydrogen-bond acceptors (Lipinski definition) is 6. The van der Waals surface area contributed by atoms with Crippen LogP contribution in [0.15, 0.2) is 53.3 Å². The molecular weight excluding hydrogens is 426 g/mol. The summed E-state index contributed by atoms with van der Waals surface area (Å²) in [6.07, 6.45) is 0. The summed E-state index contributed by atoms with van der Waals surface area (Å²) in [7, 11) is 0. The zero-order valence-corrected chi connectivity index (χ0v) is 20.0. The van der Waals surface area contributed by atoms with Crippen molar-refractivity contribution in [3.63, 3.8) is 0 Å². The van der Waals surface area contributed by atoms with Crippen LogP contribution in [0.4, 0.5) is 0 Å². The minimum Gasteiger partial charge on any atom is -0.321 e. The van der Waals surface area contributed by atoms with Gasteiger partial charge in [-0.2, -0.15) is 0 Å². The lowest BCUT2D eigenvalue weighted by atomic mass is 9.99. The lowest BCUT2D eigenvalue weighted by molar-refractivity contribution is 0.108. The Balaban J connectivity index is 1.61.